The van der Waals surface area contributed by atoms with Gasteiger partial charge in [0.15, 0.2) is 11.6 Å². The van der Waals surface area contributed by atoms with Crippen LogP contribution < -0.4 is 0 Å². The lowest BCUT2D eigenvalue weighted by Gasteiger charge is -2.07. The van der Waals surface area contributed by atoms with Gasteiger partial charge in [0.05, 0.1) is 0 Å². The zero-order valence-corrected chi connectivity index (χ0v) is 10.7. The number of benzene rings is 1. The molecule has 0 atom stereocenters. The number of hydrogen-bond acceptors (Lipinski definition) is 2. The molecule has 1 aromatic rings. The van der Waals surface area contributed by atoms with Gasteiger partial charge in [-0.1, -0.05) is 52.0 Å². The van der Waals surface area contributed by atoms with Gasteiger partial charge in [0.2, 0.25) is 0 Å². The van der Waals surface area contributed by atoms with Crippen LogP contribution in [0.3, 0.4) is 0 Å². The monoisotopic (exact) mass is 220 g/mol. The molecule has 0 heterocycles. The third kappa shape index (κ3) is 3.61. The molecular weight excluding hydrogens is 200 g/mol. The number of rotatable bonds is 3. The Hall–Kier alpha value is -1.44. The summed E-state index contributed by atoms with van der Waals surface area (Å²) in [6.45, 7) is 9.14. The Morgan fingerprint density at radius 3 is 1.81 bits per heavy atom. The fraction of sp³-hybridized carbons (Fsp3) is 0.429. The Morgan fingerprint density at radius 1 is 1.00 bits per heavy atom. The SMILES string of the molecule is CC.CC(=O)c1ccccc1C(=O)C(C)C. The molecule has 0 amide bonds. The van der Waals surface area contributed by atoms with Gasteiger partial charge < -0.3 is 0 Å². The van der Waals surface area contributed by atoms with Crippen molar-refractivity contribution in [1.29, 1.82) is 0 Å². The molecule has 0 saturated carbocycles. The van der Waals surface area contributed by atoms with Crippen LogP contribution in [0.5, 0.6) is 0 Å². The largest absolute Gasteiger partial charge is 0.294 e. The highest BCUT2D eigenvalue weighted by molar-refractivity contribution is 6.08. The van der Waals surface area contributed by atoms with Crippen LogP contribution in [0.2, 0.25) is 0 Å². The van der Waals surface area contributed by atoms with Gasteiger partial charge >= 0.3 is 0 Å². The maximum atomic E-state index is 11.7. The highest BCUT2D eigenvalue weighted by Crippen LogP contribution is 2.14. The molecule has 0 aromatic heterocycles. The highest BCUT2D eigenvalue weighted by Gasteiger charge is 2.15. The van der Waals surface area contributed by atoms with Crippen molar-refractivity contribution in [2.45, 2.75) is 34.6 Å². The average molecular weight is 220 g/mol. The first-order valence-electron chi connectivity index (χ1n) is 5.68. The van der Waals surface area contributed by atoms with Gasteiger partial charge in [0.25, 0.3) is 0 Å². The van der Waals surface area contributed by atoms with Gasteiger partial charge in [-0.25, -0.2) is 0 Å². The van der Waals surface area contributed by atoms with E-state index in [1.807, 2.05) is 27.7 Å². The molecule has 1 aromatic carbocycles. The summed E-state index contributed by atoms with van der Waals surface area (Å²) in [6.07, 6.45) is 0. The van der Waals surface area contributed by atoms with E-state index in [4.69, 9.17) is 0 Å². The maximum Gasteiger partial charge on any atom is 0.166 e. The quantitative estimate of drug-likeness (QED) is 0.727. The molecule has 0 aliphatic carbocycles. The van der Waals surface area contributed by atoms with E-state index in [2.05, 4.69) is 0 Å². The van der Waals surface area contributed by atoms with Gasteiger partial charge in [-0.05, 0) is 6.92 Å². The molecule has 2 heteroatoms. The normalized spacial score (nSPS) is 9.38. The third-order valence-electron chi connectivity index (χ3n) is 2.10. The summed E-state index contributed by atoms with van der Waals surface area (Å²) in [6, 6.07) is 6.95. The summed E-state index contributed by atoms with van der Waals surface area (Å²) >= 11 is 0. The maximum absolute atomic E-state index is 11.7. The second-order valence-electron chi connectivity index (χ2n) is 3.62. The minimum atomic E-state index is -0.0736. The lowest BCUT2D eigenvalue weighted by molar-refractivity contribution is 0.0927. The summed E-state index contributed by atoms with van der Waals surface area (Å²) in [4.78, 5) is 23.0. The molecular formula is C14H20O2. The van der Waals surface area contributed by atoms with E-state index < -0.39 is 0 Å². The van der Waals surface area contributed by atoms with Crippen molar-refractivity contribution >= 4 is 11.6 Å². The van der Waals surface area contributed by atoms with E-state index in [1.54, 1.807) is 24.3 Å². The first-order chi connectivity index (χ1) is 7.54. The fourth-order valence-corrected chi connectivity index (χ4v) is 1.32. The minimum absolute atomic E-state index is 0.0239. The van der Waals surface area contributed by atoms with E-state index >= 15 is 0 Å². The molecule has 0 N–H and O–H groups in total. The molecule has 0 spiro atoms. The molecule has 0 aliphatic heterocycles. The number of hydrogen-bond donors (Lipinski definition) is 0. The van der Waals surface area contributed by atoms with Crippen molar-refractivity contribution in [3.63, 3.8) is 0 Å². The lowest BCUT2D eigenvalue weighted by Crippen LogP contribution is -2.12. The molecule has 0 aliphatic rings. The standard InChI is InChI=1S/C12H14O2.C2H6/c1-8(2)12(14)11-7-5-4-6-10(11)9(3)13;1-2/h4-8H,1-3H3;1-2H3. The average Bonchev–Trinajstić information content (AvgIpc) is 2.30. The molecule has 0 bridgehead atoms. The smallest absolute Gasteiger partial charge is 0.166 e. The lowest BCUT2D eigenvalue weighted by atomic mass is 9.95. The van der Waals surface area contributed by atoms with Crippen LogP contribution in [-0.2, 0) is 0 Å². The molecule has 1 rings (SSSR count). The van der Waals surface area contributed by atoms with Crippen LogP contribution in [0, 0.1) is 5.92 Å². The van der Waals surface area contributed by atoms with Crippen LogP contribution in [0.25, 0.3) is 0 Å². The van der Waals surface area contributed by atoms with Crippen LogP contribution in [0.4, 0.5) is 0 Å². The van der Waals surface area contributed by atoms with E-state index in [0.29, 0.717) is 11.1 Å². The first-order valence-corrected chi connectivity index (χ1v) is 5.68. The molecule has 0 fully saturated rings. The molecule has 2 nitrogen and oxygen atoms in total. The fourth-order valence-electron chi connectivity index (χ4n) is 1.32. The number of Topliss-reactive ketones (excluding diaryl/α,β-unsaturated/α-hetero) is 2. The Labute approximate surface area is 97.7 Å². The Morgan fingerprint density at radius 2 is 1.44 bits per heavy atom. The van der Waals surface area contributed by atoms with Crippen LogP contribution in [-0.4, -0.2) is 11.6 Å². The van der Waals surface area contributed by atoms with Gasteiger partial charge in [-0.15, -0.1) is 0 Å². The predicted molar refractivity (Wildman–Crippen MR) is 67.0 cm³/mol. The Balaban J connectivity index is 0.00000106. The van der Waals surface area contributed by atoms with Crippen LogP contribution >= 0.6 is 0 Å². The number of carbonyl (C=O) groups excluding carboxylic acids is 2. The number of ketones is 2. The van der Waals surface area contributed by atoms with Crippen molar-refractivity contribution in [1.82, 2.24) is 0 Å². The zero-order valence-electron chi connectivity index (χ0n) is 10.7. The molecule has 16 heavy (non-hydrogen) atoms. The van der Waals surface area contributed by atoms with Crippen molar-refractivity contribution in [2.24, 2.45) is 5.92 Å². The van der Waals surface area contributed by atoms with Gasteiger partial charge in [0.1, 0.15) is 0 Å². The minimum Gasteiger partial charge on any atom is -0.294 e. The molecule has 0 saturated heterocycles. The van der Waals surface area contributed by atoms with Crippen molar-refractivity contribution in [3.8, 4) is 0 Å². The zero-order chi connectivity index (χ0) is 12.7. The summed E-state index contributed by atoms with van der Waals surface area (Å²) in [5.74, 6) is -0.110. The van der Waals surface area contributed by atoms with Gasteiger partial charge in [-0.2, -0.15) is 0 Å². The topological polar surface area (TPSA) is 34.1 Å². The first kappa shape index (κ1) is 14.6. The second kappa shape index (κ2) is 6.94. The Bertz CT molecular complexity index is 365. The van der Waals surface area contributed by atoms with E-state index in [-0.39, 0.29) is 17.5 Å². The molecule has 0 radical (unpaired) electrons. The van der Waals surface area contributed by atoms with Crippen molar-refractivity contribution < 1.29 is 9.59 Å². The van der Waals surface area contributed by atoms with Crippen molar-refractivity contribution in [3.05, 3.63) is 35.4 Å². The molecule has 0 unspecified atom stereocenters. The van der Waals surface area contributed by atoms with E-state index in [0.717, 1.165) is 0 Å². The summed E-state index contributed by atoms with van der Waals surface area (Å²) < 4.78 is 0. The highest BCUT2D eigenvalue weighted by atomic mass is 16.1. The van der Waals surface area contributed by atoms with Crippen LogP contribution in [0.1, 0.15) is 55.3 Å². The summed E-state index contributed by atoms with van der Waals surface area (Å²) in [5, 5.41) is 0. The summed E-state index contributed by atoms with van der Waals surface area (Å²) in [5.41, 5.74) is 1.06. The van der Waals surface area contributed by atoms with Gasteiger partial charge in [0, 0.05) is 17.0 Å². The van der Waals surface area contributed by atoms with Gasteiger partial charge in [-0.3, -0.25) is 9.59 Å². The van der Waals surface area contributed by atoms with E-state index in [1.165, 1.54) is 6.92 Å². The number of carbonyl (C=O) groups is 2. The van der Waals surface area contributed by atoms with Crippen molar-refractivity contribution in [2.75, 3.05) is 0 Å². The summed E-state index contributed by atoms with van der Waals surface area (Å²) in [7, 11) is 0. The molecule has 88 valence electrons. The second-order valence-corrected chi connectivity index (χ2v) is 3.62. The third-order valence-corrected chi connectivity index (χ3v) is 2.10. The predicted octanol–water partition coefficient (Wildman–Crippen LogP) is 3.75. The Kier molecular flexibility index (Phi) is 6.31. The van der Waals surface area contributed by atoms with Crippen LogP contribution in [0.15, 0.2) is 24.3 Å². The van der Waals surface area contributed by atoms with E-state index in [9.17, 15) is 9.59 Å².